The molecule has 1 aliphatic heterocycles. The molecule has 1 aromatic carbocycles. The van der Waals surface area contributed by atoms with Gasteiger partial charge in [-0.2, -0.15) is 0 Å². The van der Waals surface area contributed by atoms with Crippen molar-refractivity contribution in [1.82, 2.24) is 4.90 Å². The number of hydrogen-bond donors (Lipinski definition) is 1. The van der Waals surface area contributed by atoms with Crippen LogP contribution in [0.1, 0.15) is 15.9 Å². The number of non-ortho nitro benzene ring substituents is 1. The molecule has 1 saturated heterocycles. The highest BCUT2D eigenvalue weighted by Gasteiger charge is 2.35. The molecule has 106 valence electrons. The van der Waals surface area contributed by atoms with Crippen molar-refractivity contribution in [2.24, 2.45) is 0 Å². The van der Waals surface area contributed by atoms with Gasteiger partial charge in [0.15, 0.2) is 0 Å². The van der Waals surface area contributed by atoms with Crippen LogP contribution < -0.4 is 0 Å². The largest absolute Gasteiger partial charge is 0.480 e. The van der Waals surface area contributed by atoms with E-state index < -0.39 is 22.8 Å². The Morgan fingerprint density at radius 3 is 2.80 bits per heavy atom. The van der Waals surface area contributed by atoms with Crippen LogP contribution in [0, 0.1) is 17.0 Å². The fourth-order valence-electron chi connectivity index (χ4n) is 1.96. The lowest BCUT2D eigenvalue weighted by molar-refractivity contribution is -0.384. The van der Waals surface area contributed by atoms with Crippen LogP contribution in [-0.4, -0.2) is 44.5 Å². The molecule has 1 aliphatic rings. The number of hydrogen-bond acceptors (Lipinski definition) is 5. The third-order valence-corrected chi connectivity index (χ3v) is 4.10. The summed E-state index contributed by atoms with van der Waals surface area (Å²) in [5, 5.41) is 19.8. The molecule has 7 nitrogen and oxygen atoms in total. The molecular weight excluding hydrogens is 284 g/mol. The number of amides is 1. The zero-order valence-corrected chi connectivity index (χ0v) is 11.4. The van der Waals surface area contributed by atoms with Gasteiger partial charge in [0.2, 0.25) is 0 Å². The van der Waals surface area contributed by atoms with Gasteiger partial charge in [-0.1, -0.05) is 6.07 Å². The van der Waals surface area contributed by atoms with E-state index in [-0.39, 0.29) is 17.1 Å². The molecule has 1 N–H and O–H groups in total. The Morgan fingerprint density at radius 2 is 2.20 bits per heavy atom. The van der Waals surface area contributed by atoms with E-state index in [4.69, 9.17) is 5.11 Å². The summed E-state index contributed by atoms with van der Waals surface area (Å²) in [6.45, 7) is 1.66. The van der Waals surface area contributed by atoms with Gasteiger partial charge in [0, 0.05) is 23.4 Å². The van der Waals surface area contributed by atoms with E-state index in [2.05, 4.69) is 0 Å². The van der Waals surface area contributed by atoms with Crippen molar-refractivity contribution >= 4 is 29.3 Å². The Hall–Kier alpha value is -2.09. The van der Waals surface area contributed by atoms with Crippen molar-refractivity contribution in [2.75, 3.05) is 11.6 Å². The Bertz CT molecular complexity index is 589. The highest BCUT2D eigenvalue weighted by Crippen LogP contribution is 2.26. The highest BCUT2D eigenvalue weighted by atomic mass is 32.2. The maximum atomic E-state index is 12.4. The first kappa shape index (κ1) is 14.3. The smallest absolute Gasteiger partial charge is 0.327 e. The number of rotatable bonds is 3. The summed E-state index contributed by atoms with van der Waals surface area (Å²) in [5.41, 5.74) is 0.576. The van der Waals surface area contributed by atoms with Crippen LogP contribution >= 0.6 is 11.8 Å². The van der Waals surface area contributed by atoms with Gasteiger partial charge >= 0.3 is 5.97 Å². The fourth-order valence-corrected chi connectivity index (χ4v) is 3.10. The normalized spacial score (nSPS) is 18.1. The number of carbonyl (C=O) groups is 2. The summed E-state index contributed by atoms with van der Waals surface area (Å²) in [6.07, 6.45) is 0. The molecule has 1 amide bonds. The third kappa shape index (κ3) is 2.60. The lowest BCUT2D eigenvalue weighted by atomic mass is 10.1. The van der Waals surface area contributed by atoms with Crippen molar-refractivity contribution in [3.05, 3.63) is 39.4 Å². The van der Waals surface area contributed by atoms with Gasteiger partial charge in [-0.3, -0.25) is 14.9 Å². The Balaban J connectivity index is 2.35. The molecule has 2 rings (SSSR count). The van der Waals surface area contributed by atoms with Gasteiger partial charge in [-0.05, 0) is 12.5 Å². The van der Waals surface area contributed by atoms with Crippen molar-refractivity contribution in [2.45, 2.75) is 13.0 Å². The maximum absolute atomic E-state index is 12.4. The molecule has 1 atom stereocenters. The highest BCUT2D eigenvalue weighted by molar-refractivity contribution is 7.99. The zero-order valence-electron chi connectivity index (χ0n) is 10.6. The van der Waals surface area contributed by atoms with E-state index in [1.165, 1.54) is 34.9 Å². The number of carboxylic acids is 1. The lowest BCUT2D eigenvalue weighted by Crippen LogP contribution is -2.42. The van der Waals surface area contributed by atoms with Crippen molar-refractivity contribution in [3.8, 4) is 0 Å². The minimum Gasteiger partial charge on any atom is -0.480 e. The Morgan fingerprint density at radius 1 is 1.50 bits per heavy atom. The minimum atomic E-state index is -1.06. The topological polar surface area (TPSA) is 101 Å². The molecule has 0 bridgehead atoms. The number of aliphatic carboxylic acids is 1. The van der Waals surface area contributed by atoms with Crippen molar-refractivity contribution in [1.29, 1.82) is 0 Å². The SMILES string of the molecule is Cc1ccc([N+](=O)[O-])cc1C(=O)N1CSCC1C(=O)O. The molecule has 20 heavy (non-hydrogen) atoms. The molecule has 1 aromatic rings. The number of nitro groups is 1. The predicted molar refractivity (Wildman–Crippen MR) is 72.8 cm³/mol. The second kappa shape index (κ2) is 5.49. The van der Waals surface area contributed by atoms with Gasteiger partial charge in [0.1, 0.15) is 6.04 Å². The number of carboxylic acid groups (broad SMARTS) is 1. The summed E-state index contributed by atoms with van der Waals surface area (Å²) >= 11 is 1.35. The lowest BCUT2D eigenvalue weighted by Gasteiger charge is -2.21. The number of nitro benzene ring substituents is 1. The van der Waals surface area contributed by atoms with Crippen LogP contribution in [0.3, 0.4) is 0 Å². The monoisotopic (exact) mass is 296 g/mol. The fraction of sp³-hybridized carbons (Fsp3) is 0.333. The standard InChI is InChI=1S/C12H12N2O5S/c1-7-2-3-8(14(18)19)4-9(7)11(15)13-6-20-5-10(13)12(16)17/h2-4,10H,5-6H2,1H3,(H,16,17). The van der Waals surface area contributed by atoms with E-state index in [0.717, 1.165) is 0 Å². The van der Waals surface area contributed by atoms with Gasteiger partial charge in [-0.25, -0.2) is 4.79 Å². The first-order valence-electron chi connectivity index (χ1n) is 5.78. The number of aryl methyl sites for hydroxylation is 1. The third-order valence-electron chi connectivity index (χ3n) is 3.09. The van der Waals surface area contributed by atoms with Crippen LogP contribution in [0.4, 0.5) is 5.69 Å². The summed E-state index contributed by atoms with van der Waals surface area (Å²) < 4.78 is 0. The maximum Gasteiger partial charge on any atom is 0.327 e. The molecule has 1 fully saturated rings. The quantitative estimate of drug-likeness (QED) is 0.670. The molecule has 0 aromatic heterocycles. The first-order chi connectivity index (χ1) is 9.41. The van der Waals surface area contributed by atoms with Crippen LogP contribution in [0.15, 0.2) is 18.2 Å². The Kier molecular flexibility index (Phi) is 3.93. The van der Waals surface area contributed by atoms with Gasteiger partial charge in [0.05, 0.1) is 10.8 Å². The average molecular weight is 296 g/mol. The zero-order chi connectivity index (χ0) is 14.9. The minimum absolute atomic E-state index is 0.174. The number of thioether (sulfide) groups is 1. The van der Waals surface area contributed by atoms with E-state index in [1.54, 1.807) is 6.92 Å². The molecule has 0 radical (unpaired) electrons. The summed E-state index contributed by atoms with van der Waals surface area (Å²) in [4.78, 5) is 34.9. The molecule has 8 heteroatoms. The molecular formula is C12H12N2O5S. The first-order valence-corrected chi connectivity index (χ1v) is 6.94. The average Bonchev–Trinajstić information content (AvgIpc) is 2.87. The van der Waals surface area contributed by atoms with Crippen LogP contribution in [0.25, 0.3) is 0 Å². The molecule has 1 unspecified atom stereocenters. The molecule has 0 spiro atoms. The van der Waals surface area contributed by atoms with Crippen molar-refractivity contribution < 1.29 is 19.6 Å². The predicted octanol–water partition coefficient (Wildman–Crippen LogP) is 1.50. The summed E-state index contributed by atoms with van der Waals surface area (Å²) in [7, 11) is 0. The van der Waals surface area contributed by atoms with E-state index in [0.29, 0.717) is 11.3 Å². The van der Waals surface area contributed by atoms with Crippen LogP contribution in [0.5, 0.6) is 0 Å². The number of benzene rings is 1. The van der Waals surface area contributed by atoms with E-state index >= 15 is 0 Å². The molecule has 0 aliphatic carbocycles. The second-order valence-corrected chi connectivity index (χ2v) is 5.38. The summed E-state index contributed by atoms with van der Waals surface area (Å²) in [5.74, 6) is -0.942. The number of nitrogens with zero attached hydrogens (tertiary/aromatic N) is 2. The van der Waals surface area contributed by atoms with Gasteiger partial charge < -0.3 is 10.0 Å². The van der Waals surface area contributed by atoms with Crippen LogP contribution in [-0.2, 0) is 4.79 Å². The van der Waals surface area contributed by atoms with Crippen LogP contribution in [0.2, 0.25) is 0 Å². The van der Waals surface area contributed by atoms with E-state index in [1.807, 2.05) is 0 Å². The van der Waals surface area contributed by atoms with Gasteiger partial charge in [0.25, 0.3) is 11.6 Å². The van der Waals surface area contributed by atoms with Crippen molar-refractivity contribution in [3.63, 3.8) is 0 Å². The van der Waals surface area contributed by atoms with Gasteiger partial charge in [-0.15, -0.1) is 11.8 Å². The Labute approximate surface area is 118 Å². The number of carbonyl (C=O) groups excluding carboxylic acids is 1. The summed E-state index contributed by atoms with van der Waals surface area (Å²) in [6, 6.07) is 3.12. The molecule has 1 heterocycles. The molecule has 0 saturated carbocycles. The van der Waals surface area contributed by atoms with E-state index in [9.17, 15) is 19.7 Å². The second-order valence-electron chi connectivity index (χ2n) is 4.39.